The number of amides is 1. The molecular weight excluding hydrogens is 320 g/mol. The van der Waals surface area contributed by atoms with E-state index in [4.69, 9.17) is 0 Å². The maximum Gasteiger partial charge on any atom is 0.228 e. The molecule has 0 unspecified atom stereocenters. The summed E-state index contributed by atoms with van der Waals surface area (Å²) in [6, 6.07) is 6.01. The first-order valence-corrected chi connectivity index (χ1v) is 7.18. The van der Waals surface area contributed by atoms with Gasteiger partial charge in [0.25, 0.3) is 0 Å². The molecule has 2 N–H and O–H groups in total. The number of rotatable bonds is 3. The van der Waals surface area contributed by atoms with Gasteiger partial charge in [0.15, 0.2) is 0 Å². The van der Waals surface area contributed by atoms with E-state index in [9.17, 15) is 4.79 Å². The molecule has 104 valence electrons. The molecular formula is C14H15BrN4O. The zero-order valence-electron chi connectivity index (χ0n) is 11.3. The Morgan fingerprint density at radius 3 is 3.05 bits per heavy atom. The fourth-order valence-corrected chi connectivity index (χ4v) is 3.23. The number of aryl methyl sites for hydroxylation is 1. The van der Waals surface area contributed by atoms with Gasteiger partial charge >= 0.3 is 0 Å². The van der Waals surface area contributed by atoms with Gasteiger partial charge in [-0.15, -0.1) is 0 Å². The van der Waals surface area contributed by atoms with Crippen molar-refractivity contribution in [2.45, 2.75) is 13.0 Å². The quantitative estimate of drug-likeness (QED) is 0.903. The normalized spacial score (nSPS) is 13.4. The third-order valence-electron chi connectivity index (χ3n) is 3.40. The van der Waals surface area contributed by atoms with Crippen LogP contribution in [0.5, 0.6) is 0 Å². The minimum atomic E-state index is 0.0529. The van der Waals surface area contributed by atoms with Crippen LogP contribution < -0.4 is 10.6 Å². The van der Waals surface area contributed by atoms with E-state index in [2.05, 4.69) is 37.7 Å². The van der Waals surface area contributed by atoms with Crippen LogP contribution in [0.2, 0.25) is 0 Å². The summed E-state index contributed by atoms with van der Waals surface area (Å²) in [5, 5.41) is 10.5. The lowest BCUT2D eigenvalue weighted by Gasteiger charge is -2.06. The molecule has 20 heavy (non-hydrogen) atoms. The van der Waals surface area contributed by atoms with Crippen LogP contribution in [0.15, 0.2) is 22.7 Å². The van der Waals surface area contributed by atoms with Gasteiger partial charge in [0.1, 0.15) is 0 Å². The molecule has 0 spiro atoms. The molecule has 3 rings (SSSR count). The van der Waals surface area contributed by atoms with Gasteiger partial charge in [0, 0.05) is 24.8 Å². The second kappa shape index (κ2) is 5.03. The van der Waals surface area contributed by atoms with Crippen LogP contribution in [0.4, 0.5) is 5.69 Å². The number of anilines is 1. The van der Waals surface area contributed by atoms with Crippen molar-refractivity contribution in [3.8, 4) is 11.3 Å². The highest BCUT2D eigenvalue weighted by molar-refractivity contribution is 9.10. The second-order valence-corrected chi connectivity index (χ2v) is 5.65. The summed E-state index contributed by atoms with van der Waals surface area (Å²) in [5.41, 5.74) is 5.00. The third kappa shape index (κ3) is 2.14. The van der Waals surface area contributed by atoms with E-state index < -0.39 is 0 Å². The van der Waals surface area contributed by atoms with Crippen molar-refractivity contribution in [3.63, 3.8) is 0 Å². The average Bonchev–Trinajstić information content (AvgIpc) is 2.89. The van der Waals surface area contributed by atoms with Gasteiger partial charge in [-0.3, -0.25) is 9.48 Å². The Morgan fingerprint density at radius 2 is 2.30 bits per heavy atom. The molecule has 2 aromatic rings. The number of hydrogen-bond donors (Lipinski definition) is 2. The number of nitrogens with one attached hydrogen (secondary N) is 2. The van der Waals surface area contributed by atoms with Crippen molar-refractivity contribution in [1.82, 2.24) is 15.1 Å². The summed E-state index contributed by atoms with van der Waals surface area (Å²) in [6.07, 6.45) is 0.446. The van der Waals surface area contributed by atoms with E-state index >= 15 is 0 Å². The van der Waals surface area contributed by atoms with E-state index in [1.807, 2.05) is 30.9 Å². The van der Waals surface area contributed by atoms with E-state index in [1.54, 1.807) is 0 Å². The maximum atomic E-state index is 11.4. The smallest absolute Gasteiger partial charge is 0.228 e. The molecule has 0 saturated heterocycles. The zero-order valence-corrected chi connectivity index (χ0v) is 12.9. The van der Waals surface area contributed by atoms with Crippen LogP contribution in [0, 0.1) is 0 Å². The van der Waals surface area contributed by atoms with E-state index in [1.165, 1.54) is 0 Å². The molecule has 2 heterocycles. The molecule has 0 radical (unpaired) electrons. The summed E-state index contributed by atoms with van der Waals surface area (Å²) >= 11 is 3.63. The molecule has 0 atom stereocenters. The molecule has 1 aromatic carbocycles. The summed E-state index contributed by atoms with van der Waals surface area (Å²) in [6.45, 7) is 0.708. The average molecular weight is 335 g/mol. The molecule has 1 aromatic heterocycles. The van der Waals surface area contributed by atoms with Crippen LogP contribution in [0.3, 0.4) is 0 Å². The lowest BCUT2D eigenvalue weighted by atomic mass is 10.1. The van der Waals surface area contributed by atoms with Crippen LogP contribution in [-0.4, -0.2) is 22.7 Å². The molecule has 1 aliphatic rings. The monoisotopic (exact) mass is 334 g/mol. The largest absolute Gasteiger partial charge is 0.326 e. The van der Waals surface area contributed by atoms with Crippen LogP contribution in [-0.2, 0) is 24.8 Å². The van der Waals surface area contributed by atoms with Crippen LogP contribution in [0.1, 0.15) is 11.3 Å². The fourth-order valence-electron chi connectivity index (χ4n) is 2.52. The predicted molar refractivity (Wildman–Crippen MR) is 81.4 cm³/mol. The Bertz CT molecular complexity index is 693. The number of hydrogen-bond acceptors (Lipinski definition) is 3. The molecule has 5 nitrogen and oxygen atoms in total. The number of aromatic nitrogens is 2. The maximum absolute atomic E-state index is 11.4. The standard InChI is InChI=1S/C14H15BrN4O/c1-16-7-11-13(15)14(19(2)18-11)8-3-4-10-9(5-8)6-12(20)17-10/h3-5,16H,6-7H2,1-2H3,(H,17,20). The van der Waals surface area contributed by atoms with Crippen molar-refractivity contribution < 1.29 is 4.79 Å². The highest BCUT2D eigenvalue weighted by Crippen LogP contribution is 2.34. The van der Waals surface area contributed by atoms with Gasteiger partial charge in [0.2, 0.25) is 5.91 Å². The Hall–Kier alpha value is -1.66. The van der Waals surface area contributed by atoms with Gasteiger partial charge in [-0.25, -0.2) is 0 Å². The van der Waals surface area contributed by atoms with E-state index in [0.717, 1.165) is 32.7 Å². The van der Waals surface area contributed by atoms with Crippen LogP contribution >= 0.6 is 15.9 Å². The fraction of sp³-hybridized carbons (Fsp3) is 0.286. The first kappa shape index (κ1) is 13.3. The first-order chi connectivity index (χ1) is 9.60. The minimum absolute atomic E-state index is 0.0529. The molecule has 1 amide bonds. The predicted octanol–water partition coefficient (Wildman–Crippen LogP) is 2.06. The topological polar surface area (TPSA) is 59.0 Å². The summed E-state index contributed by atoms with van der Waals surface area (Å²) in [4.78, 5) is 11.4. The second-order valence-electron chi connectivity index (χ2n) is 4.86. The Balaban J connectivity index is 2.06. The van der Waals surface area contributed by atoms with Gasteiger partial charge in [-0.2, -0.15) is 5.10 Å². The lowest BCUT2D eigenvalue weighted by molar-refractivity contribution is -0.115. The number of benzene rings is 1. The van der Waals surface area contributed by atoms with Gasteiger partial charge in [0.05, 0.1) is 22.3 Å². The zero-order chi connectivity index (χ0) is 14.3. The molecule has 0 fully saturated rings. The summed E-state index contributed by atoms with van der Waals surface area (Å²) in [7, 11) is 3.82. The molecule has 0 bridgehead atoms. The SMILES string of the molecule is CNCc1nn(C)c(-c2ccc3c(c2)CC(=O)N3)c1Br. The van der Waals surface area contributed by atoms with Gasteiger partial charge in [-0.05, 0) is 40.7 Å². The molecule has 0 saturated carbocycles. The number of halogens is 1. The van der Waals surface area contributed by atoms with E-state index in [0.29, 0.717) is 13.0 Å². The summed E-state index contributed by atoms with van der Waals surface area (Å²) < 4.78 is 2.86. The third-order valence-corrected chi connectivity index (χ3v) is 4.24. The van der Waals surface area contributed by atoms with E-state index in [-0.39, 0.29) is 5.91 Å². The first-order valence-electron chi connectivity index (χ1n) is 6.39. The lowest BCUT2D eigenvalue weighted by Crippen LogP contribution is -2.06. The molecule has 0 aliphatic carbocycles. The molecule has 1 aliphatic heterocycles. The number of nitrogens with zero attached hydrogens (tertiary/aromatic N) is 2. The highest BCUT2D eigenvalue weighted by Gasteiger charge is 2.20. The Kier molecular flexibility index (Phi) is 3.35. The van der Waals surface area contributed by atoms with Gasteiger partial charge < -0.3 is 10.6 Å². The van der Waals surface area contributed by atoms with Gasteiger partial charge in [-0.1, -0.05) is 6.07 Å². The molecule has 6 heteroatoms. The van der Waals surface area contributed by atoms with Crippen molar-refractivity contribution >= 4 is 27.5 Å². The number of carbonyl (C=O) groups is 1. The minimum Gasteiger partial charge on any atom is -0.326 e. The van der Waals surface area contributed by atoms with Crippen molar-refractivity contribution in [3.05, 3.63) is 33.9 Å². The highest BCUT2D eigenvalue weighted by atomic mass is 79.9. The van der Waals surface area contributed by atoms with Crippen molar-refractivity contribution in [2.24, 2.45) is 7.05 Å². The Labute approximate surface area is 125 Å². The van der Waals surface area contributed by atoms with Crippen molar-refractivity contribution in [1.29, 1.82) is 0 Å². The summed E-state index contributed by atoms with van der Waals surface area (Å²) in [5.74, 6) is 0.0529. The van der Waals surface area contributed by atoms with Crippen molar-refractivity contribution in [2.75, 3.05) is 12.4 Å². The van der Waals surface area contributed by atoms with Crippen LogP contribution in [0.25, 0.3) is 11.3 Å². The number of carbonyl (C=O) groups excluding carboxylic acids is 1. The Morgan fingerprint density at radius 1 is 1.50 bits per heavy atom. The number of fused-ring (bicyclic) bond motifs is 1.